The lowest BCUT2D eigenvalue weighted by Gasteiger charge is -2.31. The van der Waals surface area contributed by atoms with Crippen LogP contribution in [0.5, 0.6) is 5.75 Å². The fourth-order valence-electron chi connectivity index (χ4n) is 6.43. The van der Waals surface area contributed by atoms with Gasteiger partial charge in [-0.25, -0.2) is 9.69 Å². The molecule has 1 heterocycles. The lowest BCUT2D eigenvalue weighted by molar-refractivity contribution is -0.159. The number of carbonyl (C=O) groups excluding carboxylic acids is 6. The van der Waals surface area contributed by atoms with Crippen LogP contribution >= 0.6 is 0 Å². The van der Waals surface area contributed by atoms with E-state index >= 15 is 0 Å². The van der Waals surface area contributed by atoms with E-state index in [4.69, 9.17) is 10.5 Å². The summed E-state index contributed by atoms with van der Waals surface area (Å²) in [5.74, 6) is -6.31. The lowest BCUT2D eigenvalue weighted by atomic mass is 10.0. The number of aromatic nitrogens is 1. The molecule has 17 heteroatoms. The molecule has 17 nitrogen and oxygen atoms in total. The number of ether oxygens (including phenoxy) is 1. The predicted molar refractivity (Wildman–Crippen MR) is 231 cm³/mol. The molecule has 0 saturated carbocycles. The van der Waals surface area contributed by atoms with E-state index in [0.29, 0.717) is 39.8 Å². The van der Waals surface area contributed by atoms with Crippen LogP contribution in [-0.2, 0) is 46.3 Å². The van der Waals surface area contributed by atoms with Crippen molar-refractivity contribution < 1.29 is 48.5 Å². The molecule has 3 aromatic carbocycles. The van der Waals surface area contributed by atoms with E-state index in [-0.39, 0.29) is 37.5 Å². The van der Waals surface area contributed by atoms with Crippen molar-refractivity contribution in [1.82, 2.24) is 31.2 Å². The lowest BCUT2D eigenvalue weighted by Crippen LogP contribution is -2.62. The van der Waals surface area contributed by atoms with Gasteiger partial charge in [0, 0.05) is 36.1 Å². The summed E-state index contributed by atoms with van der Waals surface area (Å²) in [6.07, 6.45) is 3.14. The third-order valence-corrected chi connectivity index (χ3v) is 9.57. The summed E-state index contributed by atoms with van der Waals surface area (Å²) >= 11 is 0. The van der Waals surface area contributed by atoms with Crippen LogP contribution in [-0.4, -0.2) is 105 Å². The van der Waals surface area contributed by atoms with Crippen molar-refractivity contribution in [3.63, 3.8) is 0 Å². The highest BCUT2D eigenvalue weighted by Gasteiger charge is 2.42. The van der Waals surface area contributed by atoms with Gasteiger partial charge in [-0.1, -0.05) is 60.7 Å². The molecule has 0 aliphatic heterocycles. The first-order valence-electron chi connectivity index (χ1n) is 20.2. The number of hydrogen-bond acceptors (Lipinski definition) is 11. The molecular formula is C45H55N7O10. The summed E-state index contributed by atoms with van der Waals surface area (Å²) in [6.45, 7) is 5.10. The number of aromatic amines is 1. The number of hydrogen-bond donors (Lipinski definition) is 8. The van der Waals surface area contributed by atoms with Crippen LogP contribution in [0.25, 0.3) is 17.0 Å². The zero-order valence-electron chi connectivity index (χ0n) is 35.2. The molecule has 0 aliphatic carbocycles. The molecule has 9 N–H and O–H groups in total. The number of imide groups is 3. The maximum absolute atomic E-state index is 14.8. The SMILES string of the molecule is CN[C@@H](Cc1ccccc1)C(=O)N(C(=O)[C@H](Cc1c[nH]c2ccccc12)NC(=O)OC(C)(C)C)C(=O)[C@H](CC(=O)O)NC(=O)[C@@H](N)CCCCNC(=O)/C=C/c1ccc(O)cc1. The minimum atomic E-state index is -1.94. The fraction of sp³-hybridized carbons (Fsp3) is 0.356. The van der Waals surface area contributed by atoms with Gasteiger partial charge in [-0.05, 0) is 94.5 Å². The number of rotatable bonds is 20. The minimum Gasteiger partial charge on any atom is -0.508 e. The van der Waals surface area contributed by atoms with E-state index in [1.54, 1.807) is 99.8 Å². The fourth-order valence-corrected chi connectivity index (χ4v) is 6.43. The van der Waals surface area contributed by atoms with E-state index in [1.807, 2.05) is 0 Å². The van der Waals surface area contributed by atoms with Crippen molar-refractivity contribution >= 4 is 58.6 Å². The minimum absolute atomic E-state index is 0.00975. The Morgan fingerprint density at radius 2 is 1.47 bits per heavy atom. The van der Waals surface area contributed by atoms with Crippen molar-refractivity contribution in [2.75, 3.05) is 13.6 Å². The van der Waals surface area contributed by atoms with Gasteiger partial charge in [0.1, 0.15) is 23.4 Å². The van der Waals surface area contributed by atoms with Gasteiger partial charge in [0.2, 0.25) is 11.8 Å². The highest BCUT2D eigenvalue weighted by Crippen LogP contribution is 2.21. The number of aromatic hydroxyl groups is 1. The van der Waals surface area contributed by atoms with Crippen molar-refractivity contribution in [3.05, 3.63) is 108 Å². The van der Waals surface area contributed by atoms with Crippen LogP contribution in [0.2, 0.25) is 0 Å². The van der Waals surface area contributed by atoms with E-state index < -0.39 is 71.9 Å². The number of nitrogens with one attached hydrogen (secondary N) is 5. The molecule has 6 amide bonds. The van der Waals surface area contributed by atoms with Crippen LogP contribution < -0.4 is 27.0 Å². The first kappa shape index (κ1) is 47.8. The molecule has 0 aliphatic rings. The van der Waals surface area contributed by atoms with Crippen LogP contribution in [0, 0.1) is 0 Å². The Morgan fingerprint density at radius 3 is 2.13 bits per heavy atom. The zero-order chi connectivity index (χ0) is 45.4. The maximum Gasteiger partial charge on any atom is 0.408 e. The smallest absolute Gasteiger partial charge is 0.408 e. The Labute approximate surface area is 359 Å². The van der Waals surface area contributed by atoms with Crippen LogP contribution in [0.3, 0.4) is 0 Å². The van der Waals surface area contributed by atoms with Gasteiger partial charge in [0.15, 0.2) is 0 Å². The van der Waals surface area contributed by atoms with Gasteiger partial charge in [-0.15, -0.1) is 0 Å². The number of fused-ring (bicyclic) bond motifs is 1. The summed E-state index contributed by atoms with van der Waals surface area (Å²) in [4.78, 5) is 98.4. The molecule has 0 radical (unpaired) electrons. The van der Waals surface area contributed by atoms with Crippen LogP contribution in [0.4, 0.5) is 4.79 Å². The number of alkyl carbamates (subject to hydrolysis) is 1. The predicted octanol–water partition coefficient (Wildman–Crippen LogP) is 3.31. The van der Waals surface area contributed by atoms with Gasteiger partial charge < -0.3 is 46.9 Å². The Hall–Kier alpha value is -6.85. The van der Waals surface area contributed by atoms with E-state index in [0.717, 1.165) is 5.52 Å². The second-order valence-electron chi connectivity index (χ2n) is 15.6. The molecule has 0 fully saturated rings. The highest BCUT2D eigenvalue weighted by atomic mass is 16.6. The number of H-pyrrole nitrogens is 1. The largest absolute Gasteiger partial charge is 0.508 e. The number of amides is 6. The second kappa shape index (κ2) is 22.7. The molecule has 0 spiro atoms. The van der Waals surface area contributed by atoms with E-state index in [2.05, 4.69) is 26.3 Å². The molecule has 4 aromatic rings. The van der Waals surface area contributed by atoms with Gasteiger partial charge in [0.25, 0.3) is 17.7 Å². The molecule has 330 valence electrons. The highest BCUT2D eigenvalue weighted by molar-refractivity contribution is 6.16. The van der Waals surface area contributed by atoms with E-state index in [9.17, 15) is 43.8 Å². The molecular weight excluding hydrogens is 799 g/mol. The zero-order valence-corrected chi connectivity index (χ0v) is 35.2. The van der Waals surface area contributed by atoms with Crippen molar-refractivity contribution in [3.8, 4) is 5.75 Å². The van der Waals surface area contributed by atoms with E-state index in [1.165, 1.54) is 25.3 Å². The number of nitrogens with two attached hydrogens (primary N) is 1. The normalized spacial score (nSPS) is 13.4. The first-order valence-corrected chi connectivity index (χ1v) is 20.2. The first-order chi connectivity index (χ1) is 29.4. The van der Waals surface area contributed by atoms with Crippen molar-refractivity contribution in [1.29, 1.82) is 0 Å². The number of carbonyl (C=O) groups is 7. The quantitative estimate of drug-likeness (QED) is 0.0471. The van der Waals surface area contributed by atoms with Gasteiger partial charge in [-0.3, -0.25) is 28.8 Å². The number of carboxylic acids is 1. The Kier molecular flexibility index (Phi) is 17.5. The summed E-state index contributed by atoms with van der Waals surface area (Å²) in [6, 6.07) is 16.2. The number of phenolic OH excluding ortho intramolecular Hbond substituents is 1. The molecule has 4 atom stereocenters. The van der Waals surface area contributed by atoms with Gasteiger partial charge >= 0.3 is 12.1 Å². The second-order valence-corrected chi connectivity index (χ2v) is 15.6. The summed E-state index contributed by atoms with van der Waals surface area (Å²) < 4.78 is 5.45. The molecule has 0 bridgehead atoms. The number of carboxylic acid groups (broad SMARTS) is 1. The van der Waals surface area contributed by atoms with Crippen LogP contribution in [0.1, 0.15) is 63.1 Å². The number of unbranched alkanes of at least 4 members (excludes halogenated alkanes) is 1. The summed E-state index contributed by atoms with van der Waals surface area (Å²) in [5.41, 5.74) is 7.84. The number of para-hydroxylation sites is 1. The van der Waals surface area contributed by atoms with Crippen molar-refractivity contribution in [2.45, 2.75) is 89.1 Å². The topological polar surface area (TPSA) is 262 Å². The molecule has 0 unspecified atom stereocenters. The third kappa shape index (κ3) is 14.7. The molecule has 0 saturated heterocycles. The Balaban J connectivity index is 1.56. The summed E-state index contributed by atoms with van der Waals surface area (Å²) in [5, 5.41) is 30.4. The molecule has 4 rings (SSSR count). The van der Waals surface area contributed by atoms with Gasteiger partial charge in [-0.2, -0.15) is 0 Å². The average Bonchev–Trinajstić information content (AvgIpc) is 3.63. The number of phenols is 1. The molecule has 62 heavy (non-hydrogen) atoms. The van der Waals surface area contributed by atoms with Crippen molar-refractivity contribution in [2.24, 2.45) is 5.73 Å². The van der Waals surface area contributed by atoms with Gasteiger partial charge in [0.05, 0.1) is 18.5 Å². The third-order valence-electron chi connectivity index (χ3n) is 9.57. The number of likely N-dealkylation sites (N-methyl/N-ethyl adjacent to an activating group) is 1. The number of nitrogens with zero attached hydrogens (tertiary/aromatic N) is 1. The maximum atomic E-state index is 14.8. The number of benzene rings is 3. The van der Waals surface area contributed by atoms with Crippen LogP contribution in [0.15, 0.2) is 91.1 Å². The summed E-state index contributed by atoms with van der Waals surface area (Å²) in [7, 11) is 1.45. The Bertz CT molecular complexity index is 2220. The molecule has 1 aromatic heterocycles. The average molecular weight is 854 g/mol. The monoisotopic (exact) mass is 853 g/mol. The standard InChI is InChI=1S/C45H55N7O10/c1-45(2,3)62-44(61)51-36(25-30-27-49-34-16-9-8-14-32(30)34)42(59)52(41(58)35(47-4)24-29-12-6-5-7-13-29)43(60)37(26-39(55)56)50-40(57)33(46)15-10-11-23-48-38(54)22-19-28-17-20-31(53)21-18-28/h5-9,12-14,16-22,27,33,35-37,47,49,53H,10-11,15,23-26,46H2,1-4H3,(H,48,54)(H,50,57)(H,51,61)(H,55,56)/b22-19+/t33-,35-,36-,37-/m0/s1. The number of aliphatic carboxylic acids is 1. The Morgan fingerprint density at radius 1 is 0.823 bits per heavy atom.